The fourth-order valence-corrected chi connectivity index (χ4v) is 5.80. The van der Waals surface area contributed by atoms with Crippen molar-refractivity contribution in [2.24, 2.45) is 0 Å². The highest BCUT2D eigenvalue weighted by Gasteiger charge is 2.24. The van der Waals surface area contributed by atoms with Gasteiger partial charge in [-0.15, -0.1) is 11.3 Å². The normalized spacial score (nSPS) is 18.3. The van der Waals surface area contributed by atoms with E-state index in [2.05, 4.69) is 38.4 Å². The van der Waals surface area contributed by atoms with Gasteiger partial charge in [0.05, 0.1) is 23.3 Å². The number of anilines is 3. The molecule has 2 N–H and O–H groups in total. The molecule has 0 atom stereocenters. The van der Waals surface area contributed by atoms with Gasteiger partial charge in [0.25, 0.3) is 0 Å². The van der Waals surface area contributed by atoms with Crippen molar-refractivity contribution < 1.29 is 13.2 Å². The predicted molar refractivity (Wildman–Crippen MR) is 134 cm³/mol. The van der Waals surface area contributed by atoms with E-state index in [1.807, 2.05) is 17.5 Å². The molecule has 1 aromatic heterocycles. The van der Waals surface area contributed by atoms with Gasteiger partial charge in [-0.3, -0.25) is 10.2 Å². The summed E-state index contributed by atoms with van der Waals surface area (Å²) in [6, 6.07) is 5.79. The summed E-state index contributed by atoms with van der Waals surface area (Å²) in [5, 5.41) is 8.33. The van der Waals surface area contributed by atoms with Crippen molar-refractivity contribution in [2.75, 3.05) is 61.1 Å². The summed E-state index contributed by atoms with van der Waals surface area (Å²) < 4.78 is 24.8. The molecule has 2 fully saturated rings. The minimum Gasteiger partial charge on any atom is -0.370 e. The maximum atomic E-state index is 12.7. The van der Waals surface area contributed by atoms with Crippen LogP contribution in [0, 0.1) is 6.92 Å². The number of carbonyl (C=O) groups is 1. The highest BCUT2D eigenvalue weighted by atomic mass is 32.2. The maximum Gasteiger partial charge on any atom is 0.325 e. The summed E-state index contributed by atoms with van der Waals surface area (Å²) >= 11 is 1.39. The number of sulfonamides is 1. The van der Waals surface area contributed by atoms with E-state index >= 15 is 0 Å². The Morgan fingerprint density at radius 2 is 1.79 bits per heavy atom. The molecule has 2 aliphatic rings. The van der Waals surface area contributed by atoms with Crippen molar-refractivity contribution in [2.45, 2.75) is 32.7 Å². The van der Waals surface area contributed by atoms with Gasteiger partial charge in [-0.05, 0) is 43.9 Å². The number of carbonyl (C=O) groups excluding carboxylic acids is 1. The number of hydrogen-bond donors (Lipinski definition) is 2. The van der Waals surface area contributed by atoms with Crippen LogP contribution in [0.3, 0.4) is 0 Å². The molecule has 9 nitrogen and oxygen atoms in total. The summed E-state index contributed by atoms with van der Waals surface area (Å²) in [5.74, 6) is 0. The minimum atomic E-state index is -3.13. The van der Waals surface area contributed by atoms with Crippen LogP contribution in [0.25, 0.3) is 0 Å². The van der Waals surface area contributed by atoms with E-state index in [0.29, 0.717) is 37.9 Å². The van der Waals surface area contributed by atoms with Crippen molar-refractivity contribution in [3.63, 3.8) is 0 Å². The van der Waals surface area contributed by atoms with Crippen LogP contribution in [0.1, 0.15) is 30.5 Å². The van der Waals surface area contributed by atoms with Crippen LogP contribution in [0.15, 0.2) is 23.6 Å². The van der Waals surface area contributed by atoms with E-state index in [4.69, 9.17) is 0 Å². The summed E-state index contributed by atoms with van der Waals surface area (Å²) in [6.45, 7) is 7.03. The van der Waals surface area contributed by atoms with Crippen LogP contribution in [0.2, 0.25) is 0 Å². The molecule has 1 aromatic carbocycles. The fraction of sp³-hybridized carbons (Fsp3) is 0.545. The van der Waals surface area contributed by atoms with E-state index in [1.165, 1.54) is 46.7 Å². The minimum absolute atomic E-state index is 0.306. The zero-order valence-corrected chi connectivity index (χ0v) is 20.8. The number of rotatable bonds is 6. The van der Waals surface area contributed by atoms with Crippen LogP contribution in [-0.2, 0) is 16.6 Å². The van der Waals surface area contributed by atoms with Crippen molar-refractivity contribution in [3.8, 4) is 0 Å². The highest BCUT2D eigenvalue weighted by molar-refractivity contribution is 7.88. The summed E-state index contributed by atoms with van der Waals surface area (Å²) in [5.41, 5.74) is 3.91. The lowest BCUT2D eigenvalue weighted by Gasteiger charge is -2.32. The van der Waals surface area contributed by atoms with Crippen molar-refractivity contribution in [1.82, 2.24) is 14.2 Å². The third kappa shape index (κ3) is 6.44. The largest absolute Gasteiger partial charge is 0.370 e. The Bertz CT molecular complexity index is 1070. The number of aryl methyl sites for hydroxylation is 1. The molecule has 2 amide bonds. The molecule has 2 saturated heterocycles. The lowest BCUT2D eigenvalue weighted by atomic mass is 10.1. The topological polar surface area (TPSA) is 97.9 Å². The third-order valence-electron chi connectivity index (χ3n) is 6.06. The quantitative estimate of drug-likeness (QED) is 0.643. The lowest BCUT2D eigenvalue weighted by molar-refractivity contribution is 0.181. The standard InChI is InChI=1S/C22H32N6O3S2/c1-17-6-7-19(20(14-17)27-8-4-3-5-9-27)24-21(29)25-22-23-18(16-32-22)15-26-10-12-28(13-11-26)33(2,30)31/h6-7,14,16H,3-5,8-13,15H2,1-2H3,(H2,23,24,25,29). The van der Waals surface area contributed by atoms with E-state index < -0.39 is 10.0 Å². The molecule has 0 spiro atoms. The fourth-order valence-electron chi connectivity index (χ4n) is 4.28. The molecular formula is C22H32N6O3S2. The number of amides is 2. The second kappa shape index (κ2) is 10.4. The number of hydrogen-bond acceptors (Lipinski definition) is 7. The van der Waals surface area contributed by atoms with E-state index in [-0.39, 0.29) is 6.03 Å². The molecule has 0 saturated carbocycles. The van der Waals surface area contributed by atoms with Gasteiger partial charge in [0.1, 0.15) is 0 Å². The third-order valence-corrected chi connectivity index (χ3v) is 8.17. The lowest BCUT2D eigenvalue weighted by Crippen LogP contribution is -2.47. The number of urea groups is 1. The number of benzene rings is 1. The monoisotopic (exact) mass is 492 g/mol. The van der Waals surface area contributed by atoms with E-state index in [9.17, 15) is 13.2 Å². The Hall–Kier alpha value is -2.21. The second-order valence-corrected chi connectivity index (χ2v) is 11.6. The van der Waals surface area contributed by atoms with Crippen LogP contribution in [0.4, 0.5) is 21.3 Å². The van der Waals surface area contributed by atoms with Crippen LogP contribution in [0.5, 0.6) is 0 Å². The number of aromatic nitrogens is 1. The Balaban J connectivity index is 1.32. The molecule has 33 heavy (non-hydrogen) atoms. The molecule has 2 aromatic rings. The van der Waals surface area contributed by atoms with Gasteiger partial charge in [0.15, 0.2) is 5.13 Å². The average molecular weight is 493 g/mol. The van der Waals surface area contributed by atoms with Crippen LogP contribution < -0.4 is 15.5 Å². The summed E-state index contributed by atoms with van der Waals surface area (Å²) in [7, 11) is -3.13. The van der Waals surface area contributed by atoms with Crippen LogP contribution >= 0.6 is 11.3 Å². The molecule has 0 aliphatic carbocycles. The summed E-state index contributed by atoms with van der Waals surface area (Å²) in [6.07, 6.45) is 4.85. The van der Waals surface area contributed by atoms with Gasteiger partial charge >= 0.3 is 6.03 Å². The first-order valence-corrected chi connectivity index (χ1v) is 14.1. The molecule has 0 radical (unpaired) electrons. The molecule has 3 heterocycles. The Morgan fingerprint density at radius 1 is 1.06 bits per heavy atom. The van der Waals surface area contributed by atoms with Crippen molar-refractivity contribution >= 4 is 43.9 Å². The molecular weight excluding hydrogens is 460 g/mol. The van der Waals surface area contributed by atoms with Crippen molar-refractivity contribution in [3.05, 3.63) is 34.8 Å². The van der Waals surface area contributed by atoms with E-state index in [0.717, 1.165) is 30.2 Å². The van der Waals surface area contributed by atoms with Gasteiger partial charge < -0.3 is 10.2 Å². The number of nitrogens with one attached hydrogen (secondary N) is 2. The zero-order valence-electron chi connectivity index (χ0n) is 19.2. The van der Waals surface area contributed by atoms with Gasteiger partial charge in [-0.1, -0.05) is 6.07 Å². The van der Waals surface area contributed by atoms with Crippen LogP contribution in [-0.4, -0.2) is 74.2 Å². The van der Waals surface area contributed by atoms with Gasteiger partial charge in [0.2, 0.25) is 10.0 Å². The number of piperidine rings is 1. The number of piperazine rings is 1. The number of nitrogens with zero attached hydrogens (tertiary/aromatic N) is 4. The summed E-state index contributed by atoms with van der Waals surface area (Å²) in [4.78, 5) is 21.7. The maximum absolute atomic E-state index is 12.7. The molecule has 11 heteroatoms. The highest BCUT2D eigenvalue weighted by Crippen LogP contribution is 2.30. The molecule has 4 rings (SSSR count). The van der Waals surface area contributed by atoms with Gasteiger partial charge in [-0.2, -0.15) is 4.31 Å². The molecule has 0 bridgehead atoms. The van der Waals surface area contributed by atoms with Gasteiger partial charge in [0, 0.05) is 51.2 Å². The Kier molecular flexibility index (Phi) is 7.52. The Labute approximate surface area is 199 Å². The molecule has 0 unspecified atom stereocenters. The molecule has 2 aliphatic heterocycles. The van der Waals surface area contributed by atoms with Crippen molar-refractivity contribution in [1.29, 1.82) is 0 Å². The van der Waals surface area contributed by atoms with E-state index in [1.54, 1.807) is 0 Å². The first-order chi connectivity index (χ1) is 15.8. The predicted octanol–water partition coefficient (Wildman–Crippen LogP) is 3.16. The number of thiazole rings is 1. The average Bonchev–Trinajstić information content (AvgIpc) is 3.22. The smallest absolute Gasteiger partial charge is 0.325 e. The SMILES string of the molecule is Cc1ccc(NC(=O)Nc2nc(CN3CCN(S(C)(=O)=O)CC3)cs2)c(N2CCCCC2)c1. The first-order valence-electron chi connectivity index (χ1n) is 11.3. The molecule has 180 valence electrons. The van der Waals surface area contributed by atoms with Gasteiger partial charge in [-0.25, -0.2) is 18.2 Å². The zero-order chi connectivity index (χ0) is 23.4. The Morgan fingerprint density at radius 3 is 2.48 bits per heavy atom. The first kappa shape index (κ1) is 23.9. The second-order valence-electron chi connectivity index (χ2n) is 8.73.